The fraction of sp³-hybridized carbons (Fsp3) is 0.500. The van der Waals surface area contributed by atoms with Crippen LogP contribution in [0.2, 0.25) is 0 Å². The lowest BCUT2D eigenvalue weighted by Crippen LogP contribution is -2.20. The summed E-state index contributed by atoms with van der Waals surface area (Å²) < 4.78 is 9.42. The first kappa shape index (κ1) is 17.6. The van der Waals surface area contributed by atoms with Crippen molar-refractivity contribution in [1.82, 2.24) is 0 Å². The quantitative estimate of drug-likeness (QED) is 0.573. The van der Waals surface area contributed by atoms with Crippen LogP contribution in [0.1, 0.15) is 24.0 Å². The van der Waals surface area contributed by atoms with Gasteiger partial charge in [0, 0.05) is 16.5 Å². The molecule has 0 fully saturated rings. The maximum Gasteiger partial charge on any atom is 0.310 e. The minimum absolute atomic E-state index is 0.156. The first-order valence-corrected chi connectivity index (χ1v) is 8.42. The Hall–Kier alpha value is -1.49. The molecule has 0 N–H and O–H groups in total. The average molecular weight is 311 g/mol. The number of carbonyl (C=O) groups is 2. The lowest BCUT2D eigenvalue weighted by molar-refractivity contribution is -0.140. The first-order chi connectivity index (χ1) is 9.97. The molecule has 0 aliphatic carbocycles. The van der Waals surface area contributed by atoms with Crippen LogP contribution in [0.5, 0.6) is 0 Å². The van der Waals surface area contributed by atoms with Crippen molar-refractivity contribution in [3.8, 4) is 0 Å². The number of rotatable bonds is 7. The summed E-state index contributed by atoms with van der Waals surface area (Å²) >= 11 is 0. The predicted molar refractivity (Wildman–Crippen MR) is 84.5 cm³/mol. The highest BCUT2D eigenvalue weighted by molar-refractivity contribution is 7.97. The molecule has 0 saturated carbocycles. The third-order valence-corrected chi connectivity index (χ3v) is 5.67. The smallest absolute Gasteiger partial charge is 0.310 e. The molecule has 0 aliphatic heterocycles. The van der Waals surface area contributed by atoms with E-state index >= 15 is 0 Å². The summed E-state index contributed by atoms with van der Waals surface area (Å²) in [4.78, 5) is 24.0. The van der Waals surface area contributed by atoms with E-state index in [4.69, 9.17) is 9.47 Å². The zero-order valence-electron chi connectivity index (χ0n) is 13.1. The van der Waals surface area contributed by atoms with Gasteiger partial charge in [-0.25, -0.2) is 0 Å². The summed E-state index contributed by atoms with van der Waals surface area (Å²) in [6.45, 7) is 4.11. The van der Waals surface area contributed by atoms with Crippen molar-refractivity contribution in [2.24, 2.45) is 0 Å². The average Bonchev–Trinajstić information content (AvgIpc) is 2.49. The number of benzene rings is 1. The van der Waals surface area contributed by atoms with Crippen LogP contribution in [0.4, 0.5) is 0 Å². The molecule has 0 radical (unpaired) electrons. The molecule has 0 unspecified atom stereocenters. The molecule has 0 heterocycles. The maximum atomic E-state index is 11.4. The third kappa shape index (κ3) is 5.79. The molecule has 0 aliphatic rings. The van der Waals surface area contributed by atoms with Crippen molar-refractivity contribution >= 4 is 22.8 Å². The number of aryl methyl sites for hydroxylation is 2. The van der Waals surface area contributed by atoms with Gasteiger partial charge in [0.15, 0.2) is 4.90 Å². The fourth-order valence-corrected chi connectivity index (χ4v) is 4.30. The van der Waals surface area contributed by atoms with Crippen LogP contribution in [0.3, 0.4) is 0 Å². The second-order valence-electron chi connectivity index (χ2n) is 4.82. The molecule has 0 spiro atoms. The van der Waals surface area contributed by atoms with E-state index < -0.39 is 0 Å². The van der Waals surface area contributed by atoms with Crippen molar-refractivity contribution in [3.05, 3.63) is 29.3 Å². The van der Waals surface area contributed by atoms with Crippen molar-refractivity contribution < 1.29 is 19.1 Å². The largest absolute Gasteiger partial charge is 0.469 e. The van der Waals surface area contributed by atoms with Crippen LogP contribution in [0.15, 0.2) is 23.1 Å². The molecular weight excluding hydrogens is 288 g/mol. The Kier molecular flexibility index (Phi) is 7.29. The van der Waals surface area contributed by atoms with Gasteiger partial charge in [0.05, 0.1) is 27.1 Å². The van der Waals surface area contributed by atoms with E-state index in [9.17, 15) is 9.59 Å². The van der Waals surface area contributed by atoms with Crippen molar-refractivity contribution in [1.29, 1.82) is 0 Å². The number of methoxy groups -OCH3 is 2. The van der Waals surface area contributed by atoms with Crippen molar-refractivity contribution in [2.75, 3.05) is 25.7 Å². The molecule has 0 saturated heterocycles. The summed E-state index contributed by atoms with van der Waals surface area (Å²) in [5.41, 5.74) is 2.38. The van der Waals surface area contributed by atoms with E-state index in [2.05, 4.69) is 25.1 Å². The van der Waals surface area contributed by atoms with Gasteiger partial charge in [-0.2, -0.15) is 0 Å². The molecule has 0 bridgehead atoms. The molecule has 5 heteroatoms. The molecule has 0 amide bonds. The van der Waals surface area contributed by atoms with E-state index in [1.54, 1.807) is 0 Å². The number of hydrogen-bond donors (Lipinski definition) is 0. The highest BCUT2D eigenvalue weighted by Crippen LogP contribution is 2.22. The van der Waals surface area contributed by atoms with Gasteiger partial charge in [-0.1, -0.05) is 12.1 Å². The topological polar surface area (TPSA) is 52.6 Å². The number of esters is 2. The SMILES string of the molecule is COC(=O)CC[S+](CCC(=O)OC)c1cc(C)ccc1C. The molecule has 0 atom stereocenters. The zero-order chi connectivity index (χ0) is 15.8. The van der Waals surface area contributed by atoms with Gasteiger partial charge in [-0.3, -0.25) is 9.59 Å². The van der Waals surface area contributed by atoms with Gasteiger partial charge < -0.3 is 9.47 Å². The second-order valence-corrected chi connectivity index (χ2v) is 7.06. The summed E-state index contributed by atoms with van der Waals surface area (Å²) in [6.07, 6.45) is 0.738. The van der Waals surface area contributed by atoms with Crippen LogP contribution in [-0.4, -0.2) is 37.7 Å². The van der Waals surface area contributed by atoms with Crippen molar-refractivity contribution in [3.63, 3.8) is 0 Å². The molecule has 116 valence electrons. The highest BCUT2D eigenvalue weighted by Gasteiger charge is 2.26. The Morgan fingerprint density at radius 2 is 1.52 bits per heavy atom. The van der Waals surface area contributed by atoms with Gasteiger partial charge in [-0.05, 0) is 25.5 Å². The maximum absolute atomic E-state index is 11.4. The standard InChI is InChI=1S/C16H23O4S/c1-12-5-6-13(2)14(11-12)21(9-7-15(17)19-3)10-8-16(18)20-4/h5-6,11H,7-10H2,1-4H3/q+1. The minimum atomic E-state index is -0.212. The number of ether oxygens (including phenoxy) is 2. The van der Waals surface area contributed by atoms with E-state index in [-0.39, 0.29) is 22.8 Å². The summed E-state index contributed by atoms with van der Waals surface area (Å²) in [6, 6.07) is 6.30. The Labute approximate surface area is 129 Å². The van der Waals surface area contributed by atoms with Gasteiger partial charge >= 0.3 is 11.9 Å². The molecule has 21 heavy (non-hydrogen) atoms. The first-order valence-electron chi connectivity index (χ1n) is 6.86. The summed E-state index contributed by atoms with van der Waals surface area (Å²) in [7, 11) is 2.64. The molecule has 1 aromatic carbocycles. The Balaban J connectivity index is 2.86. The summed E-state index contributed by atoms with van der Waals surface area (Å²) in [5.74, 6) is 0.980. The van der Waals surface area contributed by atoms with E-state index in [1.165, 1.54) is 30.2 Å². The monoisotopic (exact) mass is 311 g/mol. The number of carbonyl (C=O) groups excluding carboxylic acids is 2. The van der Waals surface area contributed by atoms with Gasteiger partial charge in [0.25, 0.3) is 0 Å². The van der Waals surface area contributed by atoms with Crippen LogP contribution in [0, 0.1) is 13.8 Å². The third-order valence-electron chi connectivity index (χ3n) is 3.22. The Morgan fingerprint density at radius 1 is 1.00 bits per heavy atom. The predicted octanol–water partition coefficient (Wildman–Crippen LogP) is 2.41. The van der Waals surface area contributed by atoms with Crippen LogP contribution >= 0.6 is 0 Å². The van der Waals surface area contributed by atoms with Crippen LogP contribution in [0.25, 0.3) is 0 Å². The molecular formula is C16H23O4S+. The summed E-state index contributed by atoms with van der Waals surface area (Å²) in [5, 5.41) is 0. The Bertz CT molecular complexity index is 479. The fourth-order valence-electron chi connectivity index (χ4n) is 1.96. The van der Waals surface area contributed by atoms with Crippen LogP contribution in [-0.2, 0) is 30.0 Å². The van der Waals surface area contributed by atoms with E-state index in [0.29, 0.717) is 24.3 Å². The zero-order valence-corrected chi connectivity index (χ0v) is 13.9. The lowest BCUT2D eigenvalue weighted by atomic mass is 10.2. The highest BCUT2D eigenvalue weighted by atomic mass is 32.2. The van der Waals surface area contributed by atoms with Crippen LogP contribution < -0.4 is 0 Å². The van der Waals surface area contributed by atoms with Gasteiger partial charge in [0.2, 0.25) is 0 Å². The van der Waals surface area contributed by atoms with Gasteiger partial charge in [0.1, 0.15) is 11.5 Å². The second kappa shape index (κ2) is 8.72. The molecule has 4 nitrogen and oxygen atoms in total. The molecule has 1 aromatic rings. The molecule has 0 aromatic heterocycles. The van der Waals surface area contributed by atoms with Gasteiger partial charge in [-0.15, -0.1) is 0 Å². The van der Waals surface area contributed by atoms with E-state index in [0.717, 1.165) is 0 Å². The normalized spacial score (nSPS) is 10.5. The molecule has 1 rings (SSSR count). The number of hydrogen-bond acceptors (Lipinski definition) is 4. The Morgan fingerprint density at radius 3 is 2.00 bits per heavy atom. The lowest BCUT2D eigenvalue weighted by Gasteiger charge is -2.11. The minimum Gasteiger partial charge on any atom is -0.469 e. The van der Waals surface area contributed by atoms with E-state index in [1.807, 2.05) is 6.92 Å². The van der Waals surface area contributed by atoms with Crippen molar-refractivity contribution in [2.45, 2.75) is 31.6 Å².